The van der Waals surface area contributed by atoms with Crippen LogP contribution in [0.15, 0.2) is 18.2 Å². The molecule has 19 heavy (non-hydrogen) atoms. The first-order valence-electron chi connectivity index (χ1n) is 7.16. The van der Waals surface area contributed by atoms with E-state index >= 15 is 0 Å². The second-order valence-corrected chi connectivity index (χ2v) is 5.28. The van der Waals surface area contributed by atoms with Gasteiger partial charge in [0.25, 0.3) is 0 Å². The Bertz CT molecular complexity index is 414. The molecule has 4 nitrogen and oxygen atoms in total. The molecular weight excluding hydrogens is 238 g/mol. The summed E-state index contributed by atoms with van der Waals surface area (Å²) < 4.78 is 0. The largest absolute Gasteiger partial charge is 0.352 e. The molecule has 1 aliphatic rings. The molecule has 0 spiro atoms. The van der Waals surface area contributed by atoms with Crippen LogP contribution < -0.4 is 10.6 Å². The van der Waals surface area contributed by atoms with E-state index in [4.69, 9.17) is 0 Å². The summed E-state index contributed by atoms with van der Waals surface area (Å²) >= 11 is 0. The number of hydrogen-bond acceptors (Lipinski definition) is 3. The monoisotopic (exact) mass is 261 g/mol. The van der Waals surface area contributed by atoms with Gasteiger partial charge in [0.05, 0.1) is 12.2 Å². The van der Waals surface area contributed by atoms with Gasteiger partial charge in [-0.2, -0.15) is 0 Å². The Kier molecular flexibility index (Phi) is 5.33. The average Bonchev–Trinajstić information content (AvgIpc) is 2.40. The molecule has 1 amide bonds. The molecule has 0 aromatic carbocycles. The van der Waals surface area contributed by atoms with Crippen LogP contribution >= 0.6 is 0 Å². The van der Waals surface area contributed by atoms with Crippen LogP contribution in [-0.2, 0) is 11.3 Å². The molecule has 2 rings (SSSR count). The van der Waals surface area contributed by atoms with Gasteiger partial charge < -0.3 is 10.6 Å². The maximum Gasteiger partial charge on any atom is 0.234 e. The van der Waals surface area contributed by atoms with Gasteiger partial charge in [-0.05, 0) is 31.9 Å². The van der Waals surface area contributed by atoms with Crippen molar-refractivity contribution in [1.82, 2.24) is 15.6 Å². The van der Waals surface area contributed by atoms with Gasteiger partial charge >= 0.3 is 0 Å². The highest BCUT2D eigenvalue weighted by atomic mass is 16.1. The fourth-order valence-electron chi connectivity index (χ4n) is 2.53. The molecule has 1 aromatic rings. The van der Waals surface area contributed by atoms with Crippen molar-refractivity contribution in [2.45, 2.75) is 51.6 Å². The third-order valence-electron chi connectivity index (χ3n) is 3.51. The van der Waals surface area contributed by atoms with Crippen LogP contribution in [0.3, 0.4) is 0 Å². The van der Waals surface area contributed by atoms with Crippen LogP contribution in [0.4, 0.5) is 0 Å². The van der Waals surface area contributed by atoms with Crippen molar-refractivity contribution in [3.63, 3.8) is 0 Å². The topological polar surface area (TPSA) is 54.0 Å². The van der Waals surface area contributed by atoms with Gasteiger partial charge in [0, 0.05) is 18.3 Å². The highest BCUT2D eigenvalue weighted by Gasteiger charge is 2.15. The Morgan fingerprint density at radius 2 is 2.11 bits per heavy atom. The molecule has 2 N–H and O–H groups in total. The molecular formula is C15H23N3O. The minimum atomic E-state index is 0.0968. The zero-order chi connectivity index (χ0) is 13.5. The highest BCUT2D eigenvalue weighted by Crippen LogP contribution is 2.17. The van der Waals surface area contributed by atoms with Crippen LogP contribution in [0.5, 0.6) is 0 Å². The number of nitrogens with one attached hydrogen (secondary N) is 2. The molecule has 1 aliphatic carbocycles. The van der Waals surface area contributed by atoms with Gasteiger partial charge in [0.1, 0.15) is 0 Å². The third kappa shape index (κ3) is 4.99. The molecule has 1 fully saturated rings. The number of rotatable bonds is 5. The molecule has 1 aromatic heterocycles. The van der Waals surface area contributed by atoms with E-state index in [0.717, 1.165) is 24.2 Å². The van der Waals surface area contributed by atoms with E-state index in [9.17, 15) is 4.79 Å². The van der Waals surface area contributed by atoms with E-state index in [1.54, 1.807) is 0 Å². The molecule has 0 aliphatic heterocycles. The zero-order valence-electron chi connectivity index (χ0n) is 11.6. The van der Waals surface area contributed by atoms with E-state index in [1.165, 1.54) is 19.3 Å². The van der Waals surface area contributed by atoms with Gasteiger partial charge in [-0.15, -0.1) is 0 Å². The van der Waals surface area contributed by atoms with Gasteiger partial charge in [-0.3, -0.25) is 9.78 Å². The maximum absolute atomic E-state index is 11.8. The van der Waals surface area contributed by atoms with Crippen molar-refractivity contribution in [1.29, 1.82) is 0 Å². The van der Waals surface area contributed by atoms with Crippen molar-refractivity contribution < 1.29 is 4.79 Å². The average molecular weight is 261 g/mol. The highest BCUT2D eigenvalue weighted by molar-refractivity contribution is 5.78. The molecule has 1 heterocycles. The van der Waals surface area contributed by atoms with Crippen molar-refractivity contribution in [2.75, 3.05) is 6.54 Å². The smallest absolute Gasteiger partial charge is 0.234 e. The van der Waals surface area contributed by atoms with Crippen LogP contribution in [0.25, 0.3) is 0 Å². The fraction of sp³-hybridized carbons (Fsp3) is 0.600. The SMILES string of the molecule is Cc1cccc(CNCC(=O)NC2CCCCC2)n1. The number of carbonyl (C=O) groups excluding carboxylic acids is 1. The number of hydrogen-bond donors (Lipinski definition) is 2. The molecule has 0 radical (unpaired) electrons. The minimum absolute atomic E-state index is 0.0968. The summed E-state index contributed by atoms with van der Waals surface area (Å²) in [4.78, 5) is 16.2. The van der Waals surface area contributed by atoms with Crippen molar-refractivity contribution in [3.05, 3.63) is 29.6 Å². The quantitative estimate of drug-likeness (QED) is 0.851. The van der Waals surface area contributed by atoms with Gasteiger partial charge in [0.2, 0.25) is 5.91 Å². The Hall–Kier alpha value is -1.42. The standard InChI is InChI=1S/C15H23N3O/c1-12-6-5-9-14(17-12)10-16-11-15(19)18-13-7-3-2-4-8-13/h5-6,9,13,16H,2-4,7-8,10-11H2,1H3,(H,18,19). The van der Waals surface area contributed by atoms with E-state index in [1.807, 2.05) is 25.1 Å². The lowest BCUT2D eigenvalue weighted by Crippen LogP contribution is -2.41. The number of nitrogens with zero attached hydrogens (tertiary/aromatic N) is 1. The molecule has 0 saturated heterocycles. The molecule has 104 valence electrons. The summed E-state index contributed by atoms with van der Waals surface area (Å²) in [6, 6.07) is 6.32. The van der Waals surface area contributed by atoms with E-state index in [0.29, 0.717) is 19.1 Å². The predicted octanol–water partition coefficient (Wildman–Crippen LogP) is 1.93. The maximum atomic E-state index is 11.8. The number of aryl methyl sites for hydroxylation is 1. The van der Waals surface area contributed by atoms with Crippen molar-refractivity contribution >= 4 is 5.91 Å². The third-order valence-corrected chi connectivity index (χ3v) is 3.51. The van der Waals surface area contributed by atoms with Crippen molar-refractivity contribution in [2.24, 2.45) is 0 Å². The summed E-state index contributed by atoms with van der Waals surface area (Å²) in [6.07, 6.45) is 6.05. The van der Waals surface area contributed by atoms with Crippen LogP contribution in [0.1, 0.15) is 43.5 Å². The fourth-order valence-corrected chi connectivity index (χ4v) is 2.53. The molecule has 0 unspecified atom stereocenters. The Balaban J connectivity index is 1.66. The van der Waals surface area contributed by atoms with Crippen molar-refractivity contribution in [3.8, 4) is 0 Å². The number of pyridine rings is 1. The summed E-state index contributed by atoms with van der Waals surface area (Å²) in [5, 5.41) is 6.24. The minimum Gasteiger partial charge on any atom is -0.352 e. The van der Waals surface area contributed by atoms with Crippen LogP contribution in [0.2, 0.25) is 0 Å². The first-order chi connectivity index (χ1) is 9.24. The first kappa shape index (κ1) is 14.0. The van der Waals surface area contributed by atoms with Crippen LogP contribution in [0, 0.1) is 6.92 Å². The number of carbonyl (C=O) groups is 1. The predicted molar refractivity (Wildman–Crippen MR) is 75.7 cm³/mol. The zero-order valence-corrected chi connectivity index (χ0v) is 11.6. The summed E-state index contributed by atoms with van der Waals surface area (Å²) in [7, 11) is 0. The number of aromatic nitrogens is 1. The lowest BCUT2D eigenvalue weighted by atomic mass is 9.95. The van der Waals surface area contributed by atoms with Gasteiger partial charge in [-0.1, -0.05) is 25.3 Å². The second-order valence-electron chi connectivity index (χ2n) is 5.28. The summed E-state index contributed by atoms with van der Waals surface area (Å²) in [5.74, 6) is 0.0968. The normalized spacial score (nSPS) is 16.3. The Labute approximate surface area is 115 Å². The first-order valence-corrected chi connectivity index (χ1v) is 7.16. The summed E-state index contributed by atoms with van der Waals surface area (Å²) in [5.41, 5.74) is 1.98. The summed E-state index contributed by atoms with van der Waals surface area (Å²) in [6.45, 7) is 2.98. The van der Waals surface area contributed by atoms with E-state index in [2.05, 4.69) is 15.6 Å². The van der Waals surface area contributed by atoms with Gasteiger partial charge in [0.15, 0.2) is 0 Å². The van der Waals surface area contributed by atoms with Gasteiger partial charge in [-0.25, -0.2) is 0 Å². The van der Waals surface area contributed by atoms with E-state index in [-0.39, 0.29) is 5.91 Å². The molecule has 0 bridgehead atoms. The number of amides is 1. The van der Waals surface area contributed by atoms with E-state index < -0.39 is 0 Å². The second kappa shape index (κ2) is 7.24. The lowest BCUT2D eigenvalue weighted by Gasteiger charge is -2.22. The molecule has 1 saturated carbocycles. The lowest BCUT2D eigenvalue weighted by molar-refractivity contribution is -0.121. The molecule has 0 atom stereocenters. The molecule has 4 heteroatoms. The Morgan fingerprint density at radius 1 is 1.32 bits per heavy atom. The van der Waals surface area contributed by atoms with Crippen LogP contribution in [-0.4, -0.2) is 23.5 Å². The Morgan fingerprint density at radius 3 is 2.84 bits per heavy atom.